The van der Waals surface area contributed by atoms with Crippen LogP contribution in [0.1, 0.15) is 76.0 Å². The van der Waals surface area contributed by atoms with Crippen molar-refractivity contribution in [3.05, 3.63) is 33.8 Å². The van der Waals surface area contributed by atoms with Gasteiger partial charge in [-0.2, -0.15) is 0 Å². The maximum Gasteiger partial charge on any atom is 0.0320 e. The Hall–Kier alpha value is -0.340. The van der Waals surface area contributed by atoms with E-state index in [2.05, 4.69) is 60.2 Å². The monoisotopic (exact) mass is 339 g/mol. The Balaban J connectivity index is 2.45. The molecule has 114 valence electrons. The van der Waals surface area contributed by atoms with Crippen molar-refractivity contribution in [3.8, 4) is 0 Å². The Bertz CT molecular complexity index is 376. The lowest BCUT2D eigenvalue weighted by molar-refractivity contribution is 0.477. The molecule has 1 nitrogen and oxygen atoms in total. The fraction of sp³-hybridized carbons (Fsp3) is 0.667. The second-order valence-corrected chi connectivity index (χ2v) is 6.53. The summed E-state index contributed by atoms with van der Waals surface area (Å²) in [6, 6.07) is 7.25. The molecule has 0 radical (unpaired) electrons. The second kappa shape index (κ2) is 10.4. The van der Waals surface area contributed by atoms with Gasteiger partial charge in [0.1, 0.15) is 0 Å². The van der Waals surface area contributed by atoms with E-state index in [-0.39, 0.29) is 0 Å². The van der Waals surface area contributed by atoms with Crippen LogP contribution in [0.3, 0.4) is 0 Å². The lowest BCUT2D eigenvalue weighted by Crippen LogP contribution is -2.21. The summed E-state index contributed by atoms with van der Waals surface area (Å²) in [4.78, 5) is 0. The zero-order valence-electron chi connectivity index (χ0n) is 13.3. The first-order valence-corrected chi connectivity index (χ1v) is 8.97. The third-order valence-corrected chi connectivity index (χ3v) is 4.77. The van der Waals surface area contributed by atoms with Crippen LogP contribution in [-0.2, 0) is 0 Å². The molecule has 0 fully saturated rings. The Kier molecular flexibility index (Phi) is 9.21. The first-order chi connectivity index (χ1) is 9.69. The molecule has 0 bridgehead atoms. The van der Waals surface area contributed by atoms with Crippen molar-refractivity contribution in [1.82, 2.24) is 5.32 Å². The van der Waals surface area contributed by atoms with Crippen molar-refractivity contribution < 1.29 is 0 Å². The predicted octanol–water partition coefficient (Wildman–Crippen LogP) is 6.16. The highest BCUT2D eigenvalue weighted by molar-refractivity contribution is 9.10. The topological polar surface area (TPSA) is 12.0 Å². The number of hydrogen-bond acceptors (Lipinski definition) is 1. The molecule has 1 unspecified atom stereocenters. The molecule has 0 saturated heterocycles. The van der Waals surface area contributed by atoms with E-state index in [1.165, 1.54) is 60.5 Å². The third kappa shape index (κ3) is 6.41. The average Bonchev–Trinajstić information content (AvgIpc) is 2.44. The van der Waals surface area contributed by atoms with E-state index in [1.807, 2.05) is 0 Å². The van der Waals surface area contributed by atoms with Crippen molar-refractivity contribution in [2.45, 2.75) is 71.8 Å². The average molecular weight is 340 g/mol. The Morgan fingerprint density at radius 2 is 1.75 bits per heavy atom. The maximum absolute atomic E-state index is 3.63. The highest BCUT2D eigenvalue weighted by Crippen LogP contribution is 2.25. The highest BCUT2D eigenvalue weighted by Gasteiger charge is 2.10. The van der Waals surface area contributed by atoms with Crippen LogP contribution < -0.4 is 5.32 Å². The van der Waals surface area contributed by atoms with Gasteiger partial charge in [0.25, 0.3) is 0 Å². The van der Waals surface area contributed by atoms with E-state index in [0.717, 1.165) is 6.54 Å². The quantitative estimate of drug-likeness (QED) is 0.503. The number of benzene rings is 1. The van der Waals surface area contributed by atoms with Gasteiger partial charge in [-0.3, -0.25) is 0 Å². The zero-order valence-corrected chi connectivity index (χ0v) is 14.9. The minimum Gasteiger partial charge on any atom is -0.310 e. The largest absolute Gasteiger partial charge is 0.310 e. The van der Waals surface area contributed by atoms with Gasteiger partial charge in [-0.15, -0.1) is 0 Å². The van der Waals surface area contributed by atoms with Gasteiger partial charge in [0.2, 0.25) is 0 Å². The van der Waals surface area contributed by atoms with Crippen LogP contribution in [0.2, 0.25) is 0 Å². The lowest BCUT2D eigenvalue weighted by Gasteiger charge is -2.19. The van der Waals surface area contributed by atoms with Crippen LogP contribution in [0.25, 0.3) is 0 Å². The Morgan fingerprint density at radius 3 is 2.40 bits per heavy atom. The molecule has 1 N–H and O–H groups in total. The summed E-state index contributed by atoms with van der Waals surface area (Å²) < 4.78 is 1.20. The number of rotatable bonds is 10. The number of unbranched alkanes of at least 4 members (excludes halogenated alkanes) is 5. The van der Waals surface area contributed by atoms with E-state index < -0.39 is 0 Å². The van der Waals surface area contributed by atoms with Crippen molar-refractivity contribution >= 4 is 15.9 Å². The minimum atomic E-state index is 0.512. The summed E-state index contributed by atoms with van der Waals surface area (Å²) >= 11 is 3.58. The van der Waals surface area contributed by atoms with Crippen LogP contribution in [0.15, 0.2) is 22.7 Å². The summed E-state index contributed by atoms with van der Waals surface area (Å²) in [6.07, 6.45) is 9.47. The minimum absolute atomic E-state index is 0.512. The highest BCUT2D eigenvalue weighted by atomic mass is 79.9. The molecular weight excluding hydrogens is 310 g/mol. The smallest absolute Gasteiger partial charge is 0.0320 e. The van der Waals surface area contributed by atoms with Gasteiger partial charge >= 0.3 is 0 Å². The van der Waals surface area contributed by atoms with Crippen LogP contribution in [0.5, 0.6) is 0 Å². The predicted molar refractivity (Wildman–Crippen MR) is 93.3 cm³/mol. The van der Waals surface area contributed by atoms with Crippen LogP contribution in [0.4, 0.5) is 0 Å². The number of nitrogens with one attached hydrogen (secondary N) is 1. The molecule has 0 heterocycles. The van der Waals surface area contributed by atoms with Gasteiger partial charge in [0.15, 0.2) is 0 Å². The fourth-order valence-corrected chi connectivity index (χ4v) is 2.89. The molecule has 1 rings (SSSR count). The van der Waals surface area contributed by atoms with Crippen molar-refractivity contribution in [3.63, 3.8) is 0 Å². The summed E-state index contributed by atoms with van der Waals surface area (Å²) in [6.45, 7) is 7.67. The van der Waals surface area contributed by atoms with Crippen molar-refractivity contribution in [2.24, 2.45) is 0 Å². The summed E-state index contributed by atoms with van der Waals surface area (Å²) in [7, 11) is 0. The van der Waals surface area contributed by atoms with Crippen LogP contribution in [-0.4, -0.2) is 6.54 Å². The molecule has 1 atom stereocenters. The standard InChI is InChI=1S/C18H30BrN/c1-4-6-7-8-9-10-11-18(20-5-2)16-12-13-17(19)15(3)14-16/h12-14,18,20H,4-11H2,1-3H3. The normalized spacial score (nSPS) is 12.6. The third-order valence-electron chi connectivity index (χ3n) is 3.88. The number of hydrogen-bond donors (Lipinski definition) is 1. The maximum atomic E-state index is 3.63. The summed E-state index contributed by atoms with van der Waals surface area (Å²) in [5.41, 5.74) is 2.76. The summed E-state index contributed by atoms with van der Waals surface area (Å²) in [5.74, 6) is 0. The molecule has 20 heavy (non-hydrogen) atoms. The first kappa shape index (κ1) is 17.7. The lowest BCUT2D eigenvalue weighted by atomic mass is 9.98. The van der Waals surface area contributed by atoms with E-state index in [1.54, 1.807) is 0 Å². The Labute approximate surface area is 133 Å². The SMILES string of the molecule is CCCCCCCCC(NCC)c1ccc(Br)c(C)c1. The zero-order chi connectivity index (χ0) is 14.8. The molecule has 0 aliphatic rings. The number of aryl methyl sites for hydroxylation is 1. The van der Waals surface area contributed by atoms with E-state index in [4.69, 9.17) is 0 Å². The van der Waals surface area contributed by atoms with Gasteiger partial charge < -0.3 is 5.32 Å². The molecule has 2 heteroatoms. The second-order valence-electron chi connectivity index (χ2n) is 5.68. The van der Waals surface area contributed by atoms with Gasteiger partial charge in [-0.05, 0) is 37.1 Å². The fourth-order valence-electron chi connectivity index (χ4n) is 2.65. The first-order valence-electron chi connectivity index (χ1n) is 8.18. The van der Waals surface area contributed by atoms with Gasteiger partial charge in [-0.1, -0.05) is 80.4 Å². The molecule has 1 aromatic carbocycles. The summed E-state index contributed by atoms with van der Waals surface area (Å²) in [5, 5.41) is 3.63. The van der Waals surface area contributed by atoms with E-state index >= 15 is 0 Å². The van der Waals surface area contributed by atoms with Gasteiger partial charge in [0, 0.05) is 10.5 Å². The van der Waals surface area contributed by atoms with Crippen molar-refractivity contribution in [1.29, 1.82) is 0 Å². The molecular formula is C18H30BrN. The Morgan fingerprint density at radius 1 is 1.05 bits per heavy atom. The molecule has 1 aromatic rings. The molecule has 0 spiro atoms. The van der Waals surface area contributed by atoms with Gasteiger partial charge in [0.05, 0.1) is 0 Å². The van der Waals surface area contributed by atoms with Crippen LogP contribution >= 0.6 is 15.9 Å². The van der Waals surface area contributed by atoms with E-state index in [0.29, 0.717) is 6.04 Å². The molecule has 0 aromatic heterocycles. The molecule has 0 aliphatic carbocycles. The van der Waals surface area contributed by atoms with Gasteiger partial charge in [-0.25, -0.2) is 0 Å². The molecule has 0 amide bonds. The number of halogens is 1. The van der Waals surface area contributed by atoms with Crippen molar-refractivity contribution in [2.75, 3.05) is 6.54 Å². The molecule has 0 saturated carbocycles. The van der Waals surface area contributed by atoms with E-state index in [9.17, 15) is 0 Å². The van der Waals surface area contributed by atoms with Crippen LogP contribution in [0, 0.1) is 6.92 Å². The molecule has 0 aliphatic heterocycles.